The minimum Gasteiger partial charge on any atom is -0.387 e. The van der Waals surface area contributed by atoms with Gasteiger partial charge in [-0.25, -0.2) is 4.57 Å². The lowest BCUT2D eigenvalue weighted by molar-refractivity contribution is -0.870. The van der Waals surface area contributed by atoms with E-state index in [4.69, 9.17) is 9.05 Å². The minimum absolute atomic E-state index is 0.0573. The number of aliphatic hydroxyl groups is 1. The molecular formula is C37H74N2O6P+. The standard InChI is InChI=1S/C37H73N2O6P/c1-6-8-10-12-14-16-17-18-19-20-21-22-23-25-27-29-31-37(41)38-35(34-45-46(42,43)44-33-32-39(3,4)5)36(40)30-28-26-24-15-13-11-9-7-2/h13,15,28,30,35-36,40H,6-12,14,16-27,29,31-34H2,1-5H3,(H-,38,41,42,43)/p+1/b15-13+,30-28+. The number of hydrogen-bond acceptors (Lipinski definition) is 5. The Morgan fingerprint density at radius 2 is 1.20 bits per heavy atom. The Labute approximate surface area is 284 Å². The first-order valence-corrected chi connectivity index (χ1v) is 20.2. The van der Waals surface area contributed by atoms with Crippen LogP contribution in [-0.2, 0) is 18.4 Å². The predicted molar refractivity (Wildman–Crippen MR) is 194 cm³/mol. The number of likely N-dealkylation sites (N-methyl/N-ethyl adjacent to an activating group) is 1. The highest BCUT2D eigenvalue weighted by molar-refractivity contribution is 7.47. The Morgan fingerprint density at radius 3 is 1.72 bits per heavy atom. The third kappa shape index (κ3) is 31.6. The van der Waals surface area contributed by atoms with Crippen molar-refractivity contribution in [2.75, 3.05) is 40.9 Å². The molecule has 0 saturated heterocycles. The number of amides is 1. The van der Waals surface area contributed by atoms with E-state index in [1.165, 1.54) is 96.3 Å². The number of phosphoric acid groups is 1. The van der Waals surface area contributed by atoms with E-state index in [0.29, 0.717) is 17.4 Å². The number of carbonyl (C=O) groups excluding carboxylic acids is 1. The van der Waals surface area contributed by atoms with E-state index in [9.17, 15) is 19.4 Å². The highest BCUT2D eigenvalue weighted by atomic mass is 31.2. The third-order valence-electron chi connectivity index (χ3n) is 8.17. The van der Waals surface area contributed by atoms with Crippen LogP contribution in [0.3, 0.4) is 0 Å². The zero-order valence-corrected chi connectivity index (χ0v) is 31.5. The molecule has 0 fully saturated rings. The summed E-state index contributed by atoms with van der Waals surface area (Å²) in [5.41, 5.74) is 0. The number of phosphoric ester groups is 1. The lowest BCUT2D eigenvalue weighted by Gasteiger charge is -2.25. The summed E-state index contributed by atoms with van der Waals surface area (Å²) in [6, 6.07) is -0.854. The van der Waals surface area contributed by atoms with Crippen molar-refractivity contribution in [1.82, 2.24) is 5.32 Å². The molecule has 0 aliphatic heterocycles. The van der Waals surface area contributed by atoms with E-state index in [1.807, 2.05) is 27.2 Å². The number of unbranched alkanes of at least 4 members (excludes halogenated alkanes) is 18. The van der Waals surface area contributed by atoms with Crippen LogP contribution in [0.2, 0.25) is 0 Å². The first kappa shape index (κ1) is 45.0. The maximum absolute atomic E-state index is 12.7. The molecule has 0 bridgehead atoms. The summed E-state index contributed by atoms with van der Waals surface area (Å²) < 4.78 is 23.3. The van der Waals surface area contributed by atoms with E-state index >= 15 is 0 Å². The van der Waals surface area contributed by atoms with Crippen LogP contribution in [0.5, 0.6) is 0 Å². The van der Waals surface area contributed by atoms with Gasteiger partial charge in [-0.05, 0) is 25.7 Å². The quantitative estimate of drug-likeness (QED) is 0.0278. The highest BCUT2D eigenvalue weighted by Crippen LogP contribution is 2.43. The molecule has 8 nitrogen and oxygen atoms in total. The minimum atomic E-state index is -4.33. The predicted octanol–water partition coefficient (Wildman–Crippen LogP) is 9.41. The first-order chi connectivity index (χ1) is 22.0. The van der Waals surface area contributed by atoms with Gasteiger partial charge in [-0.15, -0.1) is 0 Å². The number of quaternary nitrogens is 1. The van der Waals surface area contributed by atoms with Gasteiger partial charge in [0.2, 0.25) is 5.91 Å². The Kier molecular flexibility index (Phi) is 29.4. The van der Waals surface area contributed by atoms with E-state index < -0.39 is 20.0 Å². The maximum Gasteiger partial charge on any atom is 0.472 e. The van der Waals surface area contributed by atoms with Crippen molar-refractivity contribution in [2.45, 2.75) is 167 Å². The molecule has 0 aliphatic rings. The van der Waals surface area contributed by atoms with Crippen LogP contribution in [0.4, 0.5) is 0 Å². The average Bonchev–Trinajstić information content (AvgIpc) is 2.99. The van der Waals surface area contributed by atoms with Crippen LogP contribution >= 0.6 is 7.82 Å². The molecule has 0 radical (unpaired) electrons. The SMILES string of the molecule is CCCC/C=C/CC/C=C/C(O)C(COP(=O)(O)OCC[N+](C)(C)C)NC(=O)CCCCCCCCCCCCCCCCCC. The van der Waals surface area contributed by atoms with Crippen molar-refractivity contribution in [2.24, 2.45) is 0 Å². The van der Waals surface area contributed by atoms with Crippen molar-refractivity contribution in [3.8, 4) is 0 Å². The second-order valence-electron chi connectivity index (χ2n) is 13.9. The van der Waals surface area contributed by atoms with Crippen LogP contribution in [0.1, 0.15) is 155 Å². The monoisotopic (exact) mass is 674 g/mol. The van der Waals surface area contributed by atoms with E-state index in [1.54, 1.807) is 6.08 Å². The Balaban J connectivity index is 4.42. The Morgan fingerprint density at radius 1 is 0.717 bits per heavy atom. The number of aliphatic hydroxyl groups excluding tert-OH is 1. The van der Waals surface area contributed by atoms with Gasteiger partial charge in [0.15, 0.2) is 0 Å². The summed E-state index contributed by atoms with van der Waals surface area (Å²) >= 11 is 0. The van der Waals surface area contributed by atoms with Gasteiger partial charge < -0.3 is 19.8 Å². The van der Waals surface area contributed by atoms with E-state index in [0.717, 1.165) is 38.5 Å². The fourth-order valence-electron chi connectivity index (χ4n) is 5.10. The lowest BCUT2D eigenvalue weighted by Crippen LogP contribution is -2.45. The molecule has 46 heavy (non-hydrogen) atoms. The largest absolute Gasteiger partial charge is 0.472 e. The molecule has 0 aromatic carbocycles. The van der Waals surface area contributed by atoms with Crippen LogP contribution in [0.15, 0.2) is 24.3 Å². The maximum atomic E-state index is 12.7. The van der Waals surface area contributed by atoms with E-state index in [-0.39, 0.29) is 19.1 Å². The smallest absolute Gasteiger partial charge is 0.387 e. The number of rotatable bonds is 33. The lowest BCUT2D eigenvalue weighted by atomic mass is 10.0. The highest BCUT2D eigenvalue weighted by Gasteiger charge is 2.27. The van der Waals surface area contributed by atoms with Crippen molar-refractivity contribution < 1.29 is 32.9 Å². The molecule has 0 aromatic heterocycles. The second-order valence-corrected chi connectivity index (χ2v) is 15.4. The van der Waals surface area contributed by atoms with Gasteiger partial charge in [-0.3, -0.25) is 13.8 Å². The van der Waals surface area contributed by atoms with Crippen molar-refractivity contribution in [1.29, 1.82) is 0 Å². The zero-order valence-electron chi connectivity index (χ0n) is 30.6. The summed E-state index contributed by atoms with van der Waals surface area (Å²) in [5.74, 6) is -0.191. The van der Waals surface area contributed by atoms with Gasteiger partial charge in [0.25, 0.3) is 0 Å². The molecule has 3 unspecified atom stereocenters. The van der Waals surface area contributed by atoms with Gasteiger partial charge in [-0.1, -0.05) is 147 Å². The van der Waals surface area contributed by atoms with Crippen molar-refractivity contribution >= 4 is 13.7 Å². The number of allylic oxidation sites excluding steroid dienone is 3. The molecule has 0 saturated carbocycles. The van der Waals surface area contributed by atoms with Gasteiger partial charge in [0.1, 0.15) is 13.2 Å². The second kappa shape index (κ2) is 30.1. The Bertz CT molecular complexity index is 814. The first-order valence-electron chi connectivity index (χ1n) is 18.7. The average molecular weight is 674 g/mol. The van der Waals surface area contributed by atoms with Gasteiger partial charge in [-0.2, -0.15) is 0 Å². The van der Waals surface area contributed by atoms with Crippen molar-refractivity contribution in [3.05, 3.63) is 24.3 Å². The van der Waals surface area contributed by atoms with Gasteiger partial charge >= 0.3 is 7.82 Å². The molecule has 0 spiro atoms. The van der Waals surface area contributed by atoms with Gasteiger partial charge in [0.05, 0.1) is 39.9 Å². The Hall–Kier alpha value is -1.02. The molecule has 0 heterocycles. The van der Waals surface area contributed by atoms with E-state index in [2.05, 4.69) is 31.3 Å². The molecule has 3 atom stereocenters. The molecule has 0 aliphatic carbocycles. The molecule has 1 amide bonds. The number of hydrogen-bond donors (Lipinski definition) is 3. The van der Waals surface area contributed by atoms with Crippen LogP contribution < -0.4 is 5.32 Å². The van der Waals surface area contributed by atoms with Crippen molar-refractivity contribution in [3.63, 3.8) is 0 Å². The van der Waals surface area contributed by atoms with Crippen LogP contribution in [-0.4, -0.2) is 73.4 Å². The molecule has 0 rings (SSSR count). The summed E-state index contributed by atoms with van der Waals surface area (Å²) in [4.78, 5) is 22.9. The molecule has 272 valence electrons. The summed E-state index contributed by atoms with van der Waals surface area (Å²) in [6.45, 7) is 4.70. The summed E-state index contributed by atoms with van der Waals surface area (Å²) in [7, 11) is 1.55. The zero-order chi connectivity index (χ0) is 34.4. The molecular weight excluding hydrogens is 599 g/mol. The number of carbonyl (C=O) groups is 1. The third-order valence-corrected chi connectivity index (χ3v) is 9.16. The molecule has 3 N–H and O–H groups in total. The fourth-order valence-corrected chi connectivity index (χ4v) is 5.84. The van der Waals surface area contributed by atoms with Crippen LogP contribution in [0, 0.1) is 0 Å². The molecule has 9 heteroatoms. The van der Waals surface area contributed by atoms with Gasteiger partial charge in [0, 0.05) is 6.42 Å². The number of nitrogens with zero attached hydrogens (tertiary/aromatic N) is 1. The normalized spacial score (nSPS) is 15.0. The molecule has 0 aromatic rings. The fraction of sp³-hybridized carbons (Fsp3) is 0.865. The number of nitrogens with one attached hydrogen (secondary N) is 1. The summed E-state index contributed by atoms with van der Waals surface area (Å²) in [5, 5.41) is 13.6. The topological polar surface area (TPSA) is 105 Å². The summed E-state index contributed by atoms with van der Waals surface area (Å²) in [6.07, 6.45) is 32.6. The van der Waals surface area contributed by atoms with Crippen LogP contribution in [0.25, 0.3) is 0 Å².